The molecule has 0 unspecified atom stereocenters. The van der Waals surface area contributed by atoms with Gasteiger partial charge in [0, 0.05) is 27.7 Å². The second kappa shape index (κ2) is 5.55. The predicted octanol–water partition coefficient (Wildman–Crippen LogP) is 4.95. The number of nitrogens with one attached hydrogen (secondary N) is 1. The van der Waals surface area contributed by atoms with Gasteiger partial charge in [-0.05, 0) is 36.8 Å². The molecule has 23 heavy (non-hydrogen) atoms. The first-order chi connectivity index (χ1) is 11.1. The largest absolute Gasteiger partial charge is 0.369 e. The standard InChI is InChI=1S/C17H12Cl2FN3/c18-10-7-11(19)9-12(8-10)23-17-14(5-6-21-17)16(22-23)13-3-1-2-4-15(13)20/h1-4,7-9,21H,5-6H2. The Kier molecular flexibility index (Phi) is 3.51. The maximum Gasteiger partial charge on any atom is 0.133 e. The van der Waals surface area contributed by atoms with Crippen molar-refractivity contribution >= 4 is 29.0 Å². The lowest BCUT2D eigenvalue weighted by Crippen LogP contribution is -2.04. The fourth-order valence-corrected chi connectivity index (χ4v) is 3.41. The van der Waals surface area contributed by atoms with E-state index in [1.807, 2.05) is 6.07 Å². The third kappa shape index (κ3) is 2.48. The topological polar surface area (TPSA) is 29.9 Å². The molecular formula is C17H12Cl2FN3. The molecule has 0 radical (unpaired) electrons. The first kappa shape index (κ1) is 14.5. The van der Waals surface area contributed by atoms with Gasteiger partial charge < -0.3 is 5.32 Å². The number of fused-ring (bicyclic) bond motifs is 1. The highest BCUT2D eigenvalue weighted by Crippen LogP contribution is 2.36. The second-order valence-electron chi connectivity index (χ2n) is 5.37. The number of hydrogen-bond donors (Lipinski definition) is 1. The van der Waals surface area contributed by atoms with Crippen molar-refractivity contribution in [1.29, 1.82) is 0 Å². The van der Waals surface area contributed by atoms with Gasteiger partial charge in [-0.15, -0.1) is 0 Å². The van der Waals surface area contributed by atoms with Gasteiger partial charge in [0.05, 0.1) is 5.69 Å². The number of halogens is 3. The number of hydrogen-bond acceptors (Lipinski definition) is 2. The minimum atomic E-state index is -0.282. The molecule has 0 atom stereocenters. The molecule has 0 fully saturated rings. The molecule has 1 N–H and O–H groups in total. The Bertz CT molecular complexity index is 885. The van der Waals surface area contributed by atoms with E-state index in [1.165, 1.54) is 6.07 Å². The van der Waals surface area contributed by atoms with Crippen LogP contribution in [0.15, 0.2) is 42.5 Å². The van der Waals surface area contributed by atoms with E-state index in [2.05, 4.69) is 10.4 Å². The van der Waals surface area contributed by atoms with Crippen LogP contribution in [0.25, 0.3) is 16.9 Å². The van der Waals surface area contributed by atoms with Crippen molar-refractivity contribution < 1.29 is 4.39 Å². The van der Waals surface area contributed by atoms with Crippen molar-refractivity contribution in [2.75, 3.05) is 11.9 Å². The molecule has 0 saturated carbocycles. The van der Waals surface area contributed by atoms with Crippen LogP contribution < -0.4 is 5.32 Å². The van der Waals surface area contributed by atoms with E-state index in [9.17, 15) is 4.39 Å². The summed E-state index contributed by atoms with van der Waals surface area (Å²) in [5.74, 6) is 0.581. The van der Waals surface area contributed by atoms with Gasteiger partial charge in [0.15, 0.2) is 0 Å². The van der Waals surface area contributed by atoms with Crippen LogP contribution in [0.1, 0.15) is 5.56 Å². The fourth-order valence-electron chi connectivity index (χ4n) is 2.89. The van der Waals surface area contributed by atoms with E-state index < -0.39 is 0 Å². The lowest BCUT2D eigenvalue weighted by molar-refractivity contribution is 0.630. The molecule has 0 saturated heterocycles. The van der Waals surface area contributed by atoms with Crippen molar-refractivity contribution in [3.8, 4) is 16.9 Å². The van der Waals surface area contributed by atoms with Crippen LogP contribution in [0.2, 0.25) is 10.0 Å². The van der Waals surface area contributed by atoms with Gasteiger partial charge in [-0.1, -0.05) is 35.3 Å². The quantitative estimate of drug-likeness (QED) is 0.710. The minimum absolute atomic E-state index is 0.282. The van der Waals surface area contributed by atoms with E-state index >= 15 is 0 Å². The third-order valence-corrected chi connectivity index (χ3v) is 4.31. The molecule has 0 aliphatic carbocycles. The molecule has 2 aromatic carbocycles. The summed E-state index contributed by atoms with van der Waals surface area (Å²) < 4.78 is 15.9. The molecule has 116 valence electrons. The first-order valence-corrected chi connectivity index (χ1v) is 7.96. The van der Waals surface area contributed by atoms with Crippen LogP contribution >= 0.6 is 23.2 Å². The molecular weight excluding hydrogens is 336 g/mol. The molecule has 3 nitrogen and oxygen atoms in total. The molecule has 3 aromatic rings. The SMILES string of the molecule is Fc1ccccc1-c1nn(-c2cc(Cl)cc(Cl)c2)c2c1CCN2. The van der Waals surface area contributed by atoms with E-state index in [-0.39, 0.29) is 5.82 Å². The van der Waals surface area contributed by atoms with Gasteiger partial charge in [-0.2, -0.15) is 5.10 Å². The molecule has 1 aliphatic heterocycles. The second-order valence-corrected chi connectivity index (χ2v) is 6.24. The van der Waals surface area contributed by atoms with E-state index in [4.69, 9.17) is 23.2 Å². The fraction of sp³-hybridized carbons (Fsp3) is 0.118. The van der Waals surface area contributed by atoms with Gasteiger partial charge in [0.1, 0.15) is 17.3 Å². The predicted molar refractivity (Wildman–Crippen MR) is 91.2 cm³/mol. The Morgan fingerprint density at radius 3 is 2.57 bits per heavy atom. The van der Waals surface area contributed by atoms with Gasteiger partial charge in [-0.25, -0.2) is 9.07 Å². The number of benzene rings is 2. The number of rotatable bonds is 2. The summed E-state index contributed by atoms with van der Waals surface area (Å²) in [7, 11) is 0. The Hall–Kier alpha value is -2.04. The zero-order chi connectivity index (χ0) is 16.0. The maximum absolute atomic E-state index is 14.2. The minimum Gasteiger partial charge on any atom is -0.369 e. The van der Waals surface area contributed by atoms with Crippen molar-refractivity contribution in [2.24, 2.45) is 0 Å². The van der Waals surface area contributed by atoms with Crippen LogP contribution in [0, 0.1) is 5.82 Å². The highest BCUT2D eigenvalue weighted by Gasteiger charge is 2.25. The van der Waals surface area contributed by atoms with Gasteiger partial charge in [-0.3, -0.25) is 0 Å². The monoisotopic (exact) mass is 347 g/mol. The van der Waals surface area contributed by atoms with Crippen LogP contribution in [0.3, 0.4) is 0 Å². The van der Waals surface area contributed by atoms with Gasteiger partial charge in [0.25, 0.3) is 0 Å². The van der Waals surface area contributed by atoms with E-state index in [0.29, 0.717) is 21.3 Å². The summed E-state index contributed by atoms with van der Waals surface area (Å²) in [6.45, 7) is 0.795. The van der Waals surface area contributed by atoms with Crippen LogP contribution in [0.5, 0.6) is 0 Å². The van der Waals surface area contributed by atoms with Crippen molar-refractivity contribution in [3.63, 3.8) is 0 Å². The molecule has 1 aromatic heterocycles. The Labute approximate surface area is 142 Å². The molecule has 1 aliphatic rings. The zero-order valence-corrected chi connectivity index (χ0v) is 13.5. The normalized spacial score (nSPS) is 13.0. The summed E-state index contributed by atoms with van der Waals surface area (Å²) in [4.78, 5) is 0. The number of nitrogens with zero attached hydrogens (tertiary/aromatic N) is 2. The Morgan fingerprint density at radius 1 is 1.09 bits per heavy atom. The van der Waals surface area contributed by atoms with E-state index in [0.717, 1.165) is 30.0 Å². The summed E-state index contributed by atoms with van der Waals surface area (Å²) in [6.07, 6.45) is 0.799. The molecule has 0 bridgehead atoms. The number of aromatic nitrogens is 2. The zero-order valence-electron chi connectivity index (χ0n) is 12.0. The summed E-state index contributed by atoms with van der Waals surface area (Å²) in [5.41, 5.74) is 2.90. The first-order valence-electron chi connectivity index (χ1n) is 7.20. The highest BCUT2D eigenvalue weighted by molar-refractivity contribution is 6.34. The highest BCUT2D eigenvalue weighted by atomic mass is 35.5. The molecule has 2 heterocycles. The lowest BCUT2D eigenvalue weighted by Gasteiger charge is -2.07. The van der Waals surface area contributed by atoms with Crippen molar-refractivity contribution in [2.45, 2.75) is 6.42 Å². The van der Waals surface area contributed by atoms with Crippen LogP contribution in [0.4, 0.5) is 10.2 Å². The maximum atomic E-state index is 14.2. The summed E-state index contributed by atoms with van der Waals surface area (Å²) >= 11 is 12.2. The van der Waals surface area contributed by atoms with Gasteiger partial charge >= 0.3 is 0 Å². The molecule has 0 amide bonds. The van der Waals surface area contributed by atoms with Crippen LogP contribution in [-0.4, -0.2) is 16.3 Å². The molecule has 4 rings (SSSR count). The molecule has 0 spiro atoms. The average Bonchev–Trinajstić information content (AvgIpc) is 3.09. The third-order valence-electron chi connectivity index (χ3n) is 3.87. The molecule has 6 heteroatoms. The lowest BCUT2D eigenvalue weighted by atomic mass is 10.1. The Morgan fingerprint density at radius 2 is 1.83 bits per heavy atom. The van der Waals surface area contributed by atoms with E-state index in [1.54, 1.807) is 35.0 Å². The van der Waals surface area contributed by atoms with Crippen molar-refractivity contribution in [1.82, 2.24) is 9.78 Å². The average molecular weight is 348 g/mol. The summed E-state index contributed by atoms with van der Waals surface area (Å²) in [6, 6.07) is 11.9. The van der Waals surface area contributed by atoms with Crippen LogP contribution in [-0.2, 0) is 6.42 Å². The van der Waals surface area contributed by atoms with Gasteiger partial charge in [0.2, 0.25) is 0 Å². The smallest absolute Gasteiger partial charge is 0.133 e. The summed E-state index contributed by atoms with van der Waals surface area (Å²) in [5, 5.41) is 8.98. The Balaban J connectivity index is 1.93. The number of anilines is 1. The van der Waals surface area contributed by atoms with Crippen molar-refractivity contribution in [3.05, 3.63) is 63.9 Å².